The van der Waals surface area contributed by atoms with E-state index in [0.29, 0.717) is 36.1 Å². The summed E-state index contributed by atoms with van der Waals surface area (Å²) in [5, 5.41) is 3.35. The number of amides is 2. The second-order valence-electron chi connectivity index (χ2n) is 6.76. The monoisotopic (exact) mass is 387 g/mol. The fourth-order valence-electron chi connectivity index (χ4n) is 3.25. The Hall–Kier alpha value is -2.60. The first-order valence-electron chi connectivity index (χ1n) is 8.95. The van der Waals surface area contributed by atoms with Gasteiger partial charge in [0, 0.05) is 32.9 Å². The lowest BCUT2D eigenvalue weighted by Gasteiger charge is -2.32. The number of halogens is 1. The van der Waals surface area contributed by atoms with Gasteiger partial charge in [-0.25, -0.2) is 0 Å². The van der Waals surface area contributed by atoms with Gasteiger partial charge in [0.2, 0.25) is 0 Å². The van der Waals surface area contributed by atoms with Crippen LogP contribution in [0.25, 0.3) is 0 Å². The number of likely N-dealkylation sites (tertiary alicyclic amines) is 1. The van der Waals surface area contributed by atoms with E-state index in [9.17, 15) is 14.4 Å². The van der Waals surface area contributed by atoms with Crippen molar-refractivity contribution in [3.63, 3.8) is 0 Å². The standard InChI is InChI=1S/C20H22ClN3O3/c1-23-10-4-6-16(19(23)26)20(27)24-11-8-14(9-12-24)13-22-18(25)15-5-2-3-7-17(15)21/h2-7,10,14H,8-9,11-13H2,1H3,(H,22,25). The number of aromatic nitrogens is 1. The van der Waals surface area contributed by atoms with Crippen LogP contribution in [0.2, 0.25) is 5.02 Å². The summed E-state index contributed by atoms with van der Waals surface area (Å²) in [7, 11) is 1.63. The summed E-state index contributed by atoms with van der Waals surface area (Å²) in [6.45, 7) is 1.69. The maximum Gasteiger partial charge on any atom is 0.263 e. The zero-order valence-corrected chi connectivity index (χ0v) is 15.9. The van der Waals surface area contributed by atoms with Gasteiger partial charge in [-0.2, -0.15) is 0 Å². The normalized spacial score (nSPS) is 14.8. The number of carbonyl (C=O) groups excluding carboxylic acids is 2. The number of benzene rings is 1. The van der Waals surface area contributed by atoms with Crippen molar-refractivity contribution in [2.75, 3.05) is 19.6 Å². The topological polar surface area (TPSA) is 71.4 Å². The SMILES string of the molecule is Cn1cccc(C(=O)N2CCC(CNC(=O)c3ccccc3Cl)CC2)c1=O. The molecule has 27 heavy (non-hydrogen) atoms. The first-order chi connectivity index (χ1) is 13.0. The molecule has 1 aromatic heterocycles. The number of hydrogen-bond donors (Lipinski definition) is 1. The molecular formula is C20H22ClN3O3. The molecule has 7 heteroatoms. The minimum absolute atomic E-state index is 0.188. The lowest BCUT2D eigenvalue weighted by atomic mass is 9.96. The third-order valence-corrected chi connectivity index (χ3v) is 5.25. The molecule has 0 bridgehead atoms. The van der Waals surface area contributed by atoms with E-state index in [2.05, 4.69) is 5.32 Å². The minimum atomic E-state index is -0.281. The van der Waals surface area contributed by atoms with Crippen molar-refractivity contribution in [2.24, 2.45) is 13.0 Å². The van der Waals surface area contributed by atoms with E-state index in [4.69, 9.17) is 11.6 Å². The molecule has 2 amide bonds. The van der Waals surface area contributed by atoms with Gasteiger partial charge in [-0.1, -0.05) is 23.7 Å². The Kier molecular flexibility index (Phi) is 5.96. The summed E-state index contributed by atoms with van der Waals surface area (Å²) in [4.78, 5) is 38.7. The van der Waals surface area contributed by atoms with Gasteiger partial charge in [0.25, 0.3) is 17.4 Å². The highest BCUT2D eigenvalue weighted by atomic mass is 35.5. The Bertz CT molecular complexity index is 901. The van der Waals surface area contributed by atoms with Crippen LogP contribution in [0.1, 0.15) is 33.6 Å². The molecular weight excluding hydrogens is 366 g/mol. The molecule has 0 spiro atoms. The van der Waals surface area contributed by atoms with Crippen molar-refractivity contribution in [1.82, 2.24) is 14.8 Å². The van der Waals surface area contributed by atoms with Gasteiger partial charge < -0.3 is 14.8 Å². The molecule has 1 saturated heterocycles. The summed E-state index contributed by atoms with van der Waals surface area (Å²) < 4.78 is 1.41. The zero-order valence-electron chi connectivity index (χ0n) is 15.2. The zero-order chi connectivity index (χ0) is 19.4. The van der Waals surface area contributed by atoms with Crippen LogP contribution < -0.4 is 10.9 Å². The number of rotatable bonds is 4. The third-order valence-electron chi connectivity index (χ3n) is 4.93. The van der Waals surface area contributed by atoms with E-state index in [1.165, 1.54) is 4.57 Å². The Labute approximate surface area is 162 Å². The van der Waals surface area contributed by atoms with Gasteiger partial charge in [0.05, 0.1) is 10.6 Å². The lowest BCUT2D eigenvalue weighted by Crippen LogP contribution is -2.43. The first-order valence-corrected chi connectivity index (χ1v) is 9.33. The van der Waals surface area contributed by atoms with E-state index in [0.717, 1.165) is 12.8 Å². The van der Waals surface area contributed by atoms with Crippen LogP contribution >= 0.6 is 11.6 Å². The van der Waals surface area contributed by atoms with E-state index in [1.54, 1.807) is 54.5 Å². The Morgan fingerprint density at radius 1 is 1.11 bits per heavy atom. The molecule has 1 N–H and O–H groups in total. The Morgan fingerprint density at radius 3 is 2.48 bits per heavy atom. The number of nitrogens with one attached hydrogen (secondary N) is 1. The van der Waals surface area contributed by atoms with Crippen LogP contribution in [0.15, 0.2) is 47.4 Å². The number of aryl methyl sites for hydroxylation is 1. The van der Waals surface area contributed by atoms with Crippen LogP contribution in [0, 0.1) is 5.92 Å². The molecule has 0 radical (unpaired) electrons. The predicted octanol–water partition coefficient (Wildman–Crippen LogP) is 2.32. The maximum atomic E-state index is 12.6. The summed E-state index contributed by atoms with van der Waals surface area (Å²) in [5.41, 5.74) is 0.383. The second kappa shape index (κ2) is 8.39. The maximum absolute atomic E-state index is 12.6. The number of piperidine rings is 1. The van der Waals surface area contributed by atoms with E-state index in [1.807, 2.05) is 0 Å². The number of carbonyl (C=O) groups is 2. The van der Waals surface area contributed by atoms with Crippen molar-refractivity contribution < 1.29 is 9.59 Å². The molecule has 0 unspecified atom stereocenters. The van der Waals surface area contributed by atoms with Crippen LogP contribution in [0.5, 0.6) is 0 Å². The molecule has 1 aliphatic rings. The van der Waals surface area contributed by atoms with Crippen molar-refractivity contribution in [1.29, 1.82) is 0 Å². The van der Waals surface area contributed by atoms with Gasteiger partial charge in [-0.3, -0.25) is 14.4 Å². The molecule has 3 rings (SSSR count). The van der Waals surface area contributed by atoms with Crippen LogP contribution in [0.4, 0.5) is 0 Å². The van der Waals surface area contributed by atoms with Gasteiger partial charge in [0.15, 0.2) is 0 Å². The van der Waals surface area contributed by atoms with E-state index < -0.39 is 0 Å². The smallest absolute Gasteiger partial charge is 0.263 e. The van der Waals surface area contributed by atoms with Gasteiger partial charge in [-0.05, 0) is 43.0 Å². The van der Waals surface area contributed by atoms with Crippen molar-refractivity contribution >= 4 is 23.4 Å². The van der Waals surface area contributed by atoms with E-state index >= 15 is 0 Å². The summed E-state index contributed by atoms with van der Waals surface area (Å²) in [6, 6.07) is 10.2. The average Bonchev–Trinajstić information content (AvgIpc) is 2.68. The highest BCUT2D eigenvalue weighted by Gasteiger charge is 2.25. The summed E-state index contributed by atoms with van der Waals surface area (Å²) >= 11 is 6.04. The molecule has 6 nitrogen and oxygen atoms in total. The van der Waals surface area contributed by atoms with Crippen molar-refractivity contribution in [3.8, 4) is 0 Å². The van der Waals surface area contributed by atoms with Crippen molar-refractivity contribution in [2.45, 2.75) is 12.8 Å². The largest absolute Gasteiger partial charge is 0.352 e. The third kappa shape index (κ3) is 4.39. The van der Waals surface area contributed by atoms with Crippen LogP contribution in [-0.4, -0.2) is 40.9 Å². The quantitative estimate of drug-likeness (QED) is 0.875. The van der Waals surface area contributed by atoms with Gasteiger partial charge in [-0.15, -0.1) is 0 Å². The molecule has 1 fully saturated rings. The van der Waals surface area contributed by atoms with Gasteiger partial charge in [0.1, 0.15) is 5.56 Å². The van der Waals surface area contributed by atoms with Gasteiger partial charge >= 0.3 is 0 Å². The number of hydrogen-bond acceptors (Lipinski definition) is 3. The van der Waals surface area contributed by atoms with Crippen LogP contribution in [0.3, 0.4) is 0 Å². The molecule has 0 aliphatic carbocycles. The average molecular weight is 388 g/mol. The summed E-state index contributed by atoms with van der Waals surface area (Å²) in [6.07, 6.45) is 3.19. The lowest BCUT2D eigenvalue weighted by molar-refractivity contribution is 0.0682. The fraction of sp³-hybridized carbons (Fsp3) is 0.350. The Morgan fingerprint density at radius 2 is 1.78 bits per heavy atom. The first kappa shape index (κ1) is 19.2. The predicted molar refractivity (Wildman–Crippen MR) is 104 cm³/mol. The molecule has 1 aliphatic heterocycles. The Balaban J connectivity index is 1.52. The highest BCUT2D eigenvalue weighted by molar-refractivity contribution is 6.33. The molecule has 2 aromatic rings. The van der Waals surface area contributed by atoms with Crippen molar-refractivity contribution in [3.05, 3.63) is 69.1 Å². The molecule has 0 atom stereocenters. The molecule has 2 heterocycles. The second-order valence-corrected chi connectivity index (χ2v) is 7.17. The molecule has 142 valence electrons. The highest BCUT2D eigenvalue weighted by Crippen LogP contribution is 2.19. The minimum Gasteiger partial charge on any atom is -0.352 e. The van der Waals surface area contributed by atoms with Crippen LogP contribution in [-0.2, 0) is 7.05 Å². The summed E-state index contributed by atoms with van der Waals surface area (Å²) in [5.74, 6) is -0.124. The molecule has 1 aromatic carbocycles. The fourth-order valence-corrected chi connectivity index (χ4v) is 3.47. The van der Waals surface area contributed by atoms with E-state index in [-0.39, 0.29) is 22.9 Å². The number of nitrogens with zero attached hydrogens (tertiary/aromatic N) is 2. The number of pyridine rings is 1. The molecule has 0 saturated carbocycles.